The summed E-state index contributed by atoms with van der Waals surface area (Å²) >= 11 is 0. The summed E-state index contributed by atoms with van der Waals surface area (Å²) in [4.78, 5) is 23.8. The summed E-state index contributed by atoms with van der Waals surface area (Å²) in [6.45, 7) is 2.74. The first kappa shape index (κ1) is 27.4. The lowest BCUT2D eigenvalue weighted by atomic mass is 9.97. The van der Waals surface area contributed by atoms with Gasteiger partial charge in [0, 0.05) is 0 Å². The molecule has 0 bridgehead atoms. The maximum Gasteiger partial charge on any atom is 0.460 e. The Bertz CT molecular complexity index is 805. The minimum atomic E-state index is -7.27. The van der Waals surface area contributed by atoms with Crippen molar-refractivity contribution in [3.05, 3.63) is 35.9 Å². The van der Waals surface area contributed by atoms with Crippen LogP contribution < -0.4 is 5.32 Å². The smallest absolute Gasteiger partial charge is 0.459 e. The molecule has 0 heterocycles. The van der Waals surface area contributed by atoms with Gasteiger partial charge in [-0.2, -0.15) is 39.5 Å². The van der Waals surface area contributed by atoms with E-state index >= 15 is 0 Å². The molecule has 1 atom stereocenters. The number of benzene rings is 1. The van der Waals surface area contributed by atoms with Gasteiger partial charge in [0.2, 0.25) is 6.04 Å². The minimum Gasteiger partial charge on any atom is -0.459 e. The van der Waals surface area contributed by atoms with E-state index in [0.717, 1.165) is 5.32 Å². The van der Waals surface area contributed by atoms with Gasteiger partial charge in [-0.1, -0.05) is 30.3 Å². The van der Waals surface area contributed by atoms with E-state index in [4.69, 9.17) is 0 Å². The van der Waals surface area contributed by atoms with E-state index in [1.807, 2.05) is 0 Å². The first-order valence-corrected chi connectivity index (χ1v) is 8.64. The van der Waals surface area contributed by atoms with Gasteiger partial charge in [-0.3, -0.25) is 0 Å². The van der Waals surface area contributed by atoms with Gasteiger partial charge in [-0.05, 0) is 26.3 Å². The number of alkyl carbamates (subject to hydrolysis) is 1. The molecule has 0 spiro atoms. The van der Waals surface area contributed by atoms with Crippen molar-refractivity contribution in [1.29, 1.82) is 0 Å². The molecule has 0 aromatic heterocycles. The topological polar surface area (TPSA) is 64.6 Å². The van der Waals surface area contributed by atoms with Crippen molar-refractivity contribution in [2.45, 2.75) is 63.0 Å². The molecule has 0 radical (unpaired) electrons. The minimum absolute atomic E-state index is 0.132. The maximum atomic E-state index is 14.4. The Morgan fingerprint density at radius 1 is 0.875 bits per heavy atom. The van der Waals surface area contributed by atoms with Crippen molar-refractivity contribution in [2.24, 2.45) is 0 Å². The van der Waals surface area contributed by atoms with Gasteiger partial charge in [0.1, 0.15) is 12.2 Å². The second-order valence-electron chi connectivity index (χ2n) is 7.44. The van der Waals surface area contributed by atoms with Crippen molar-refractivity contribution in [2.75, 3.05) is 0 Å². The third-order valence-corrected chi connectivity index (χ3v) is 3.65. The largest absolute Gasteiger partial charge is 0.460 e. The number of ether oxygens (including phenoxy) is 2. The number of nitrogens with one attached hydrogen (secondary N) is 1. The highest BCUT2D eigenvalue weighted by Crippen LogP contribution is 2.54. The van der Waals surface area contributed by atoms with E-state index in [-0.39, 0.29) is 5.56 Å². The molecule has 14 heteroatoms. The van der Waals surface area contributed by atoms with Crippen LogP contribution >= 0.6 is 0 Å². The van der Waals surface area contributed by atoms with Gasteiger partial charge in [0.15, 0.2) is 0 Å². The molecule has 0 fully saturated rings. The third kappa shape index (κ3) is 5.97. The summed E-state index contributed by atoms with van der Waals surface area (Å²) in [7, 11) is 0. The Morgan fingerprint density at radius 2 is 1.38 bits per heavy atom. The number of esters is 1. The van der Waals surface area contributed by atoms with Crippen molar-refractivity contribution < 1.29 is 58.6 Å². The fourth-order valence-corrected chi connectivity index (χ4v) is 2.10. The lowest BCUT2D eigenvalue weighted by molar-refractivity contribution is -0.398. The summed E-state index contributed by atoms with van der Waals surface area (Å²) in [5.74, 6) is -23.3. The summed E-state index contributed by atoms with van der Waals surface area (Å²) < 4.78 is 129. The fraction of sp³-hybridized carbons (Fsp3) is 0.556. The van der Waals surface area contributed by atoms with Crippen LogP contribution in [0.4, 0.5) is 44.3 Å². The molecule has 1 aromatic rings. The molecule has 1 rings (SSSR count). The molecule has 0 saturated heterocycles. The molecule has 1 aromatic carbocycles. The Labute approximate surface area is 175 Å². The molecular weight excluding hydrogens is 465 g/mol. The standard InChI is InChI=1S/C18H18F9NO4/c1-14(2,3)32-13(30)28-11(12(29)31-9-10-7-5-4-6-8-10)15(19,20)16(21,22)17(23,24)18(25,26)27/h4-8,11H,9H2,1-3H3,(H,28,30). The average Bonchev–Trinajstić information content (AvgIpc) is 2.62. The summed E-state index contributed by atoms with van der Waals surface area (Å²) in [6, 6.07) is 2.97. The normalized spacial score (nSPS) is 14.5. The van der Waals surface area contributed by atoms with E-state index in [2.05, 4.69) is 9.47 Å². The molecule has 5 nitrogen and oxygen atoms in total. The lowest BCUT2D eigenvalue weighted by Gasteiger charge is -2.36. The summed E-state index contributed by atoms with van der Waals surface area (Å²) in [6.07, 6.45) is -9.07. The maximum absolute atomic E-state index is 14.4. The summed E-state index contributed by atoms with van der Waals surface area (Å²) in [5.41, 5.74) is -1.30. The highest BCUT2D eigenvalue weighted by atomic mass is 19.4. The predicted molar refractivity (Wildman–Crippen MR) is 90.3 cm³/mol. The number of carbonyl (C=O) groups is 2. The van der Waals surface area contributed by atoms with Gasteiger partial charge in [0.05, 0.1) is 0 Å². The molecule has 0 aliphatic heterocycles. The number of carbonyl (C=O) groups excluding carboxylic acids is 2. The van der Waals surface area contributed by atoms with E-state index < -0.39 is 54.3 Å². The van der Waals surface area contributed by atoms with Crippen molar-refractivity contribution in [1.82, 2.24) is 5.32 Å². The van der Waals surface area contributed by atoms with Gasteiger partial charge < -0.3 is 14.8 Å². The Kier molecular flexibility index (Phi) is 7.75. The van der Waals surface area contributed by atoms with Crippen molar-refractivity contribution in [3.63, 3.8) is 0 Å². The zero-order valence-electron chi connectivity index (χ0n) is 16.7. The van der Waals surface area contributed by atoms with Crippen LogP contribution in [0.25, 0.3) is 0 Å². The number of halogens is 9. The van der Waals surface area contributed by atoms with Gasteiger partial charge in [0.25, 0.3) is 0 Å². The first-order chi connectivity index (χ1) is 14.2. The van der Waals surface area contributed by atoms with Crippen LogP contribution in [0.5, 0.6) is 0 Å². The number of amides is 1. The third-order valence-electron chi connectivity index (χ3n) is 3.65. The van der Waals surface area contributed by atoms with Gasteiger partial charge >= 0.3 is 36.0 Å². The van der Waals surface area contributed by atoms with E-state index in [9.17, 15) is 49.1 Å². The molecule has 1 N–H and O–H groups in total. The Hall–Kier alpha value is -2.67. The highest BCUT2D eigenvalue weighted by Gasteiger charge is 2.84. The van der Waals surface area contributed by atoms with Crippen LogP contribution in [0.1, 0.15) is 26.3 Å². The van der Waals surface area contributed by atoms with Crippen LogP contribution in [0.3, 0.4) is 0 Å². The predicted octanol–water partition coefficient (Wildman–Crippen LogP) is 5.09. The molecule has 0 aliphatic carbocycles. The molecule has 1 unspecified atom stereocenters. The molecule has 32 heavy (non-hydrogen) atoms. The van der Waals surface area contributed by atoms with Crippen LogP contribution in [-0.4, -0.2) is 47.6 Å². The van der Waals surface area contributed by atoms with E-state index in [0.29, 0.717) is 0 Å². The molecule has 0 saturated carbocycles. The number of rotatable bonds is 7. The Balaban J connectivity index is 3.32. The summed E-state index contributed by atoms with van der Waals surface area (Å²) in [5, 5.41) is 0.913. The highest BCUT2D eigenvalue weighted by molar-refractivity contribution is 5.83. The zero-order chi connectivity index (χ0) is 25.2. The zero-order valence-corrected chi connectivity index (χ0v) is 16.7. The molecule has 0 aliphatic rings. The van der Waals surface area contributed by atoms with E-state index in [1.165, 1.54) is 51.1 Å². The van der Waals surface area contributed by atoms with Crippen molar-refractivity contribution in [3.8, 4) is 0 Å². The fourth-order valence-electron chi connectivity index (χ4n) is 2.10. The van der Waals surface area contributed by atoms with Crippen LogP contribution in [0.15, 0.2) is 30.3 Å². The van der Waals surface area contributed by atoms with Gasteiger partial charge in [-0.15, -0.1) is 0 Å². The lowest BCUT2D eigenvalue weighted by Crippen LogP contribution is -2.69. The molecule has 182 valence electrons. The van der Waals surface area contributed by atoms with Crippen LogP contribution in [0.2, 0.25) is 0 Å². The second kappa shape index (κ2) is 9.06. The monoisotopic (exact) mass is 483 g/mol. The van der Waals surface area contributed by atoms with Crippen molar-refractivity contribution >= 4 is 12.1 Å². The average molecular weight is 483 g/mol. The SMILES string of the molecule is CC(C)(C)OC(=O)NC(C(=O)OCc1ccccc1)C(F)(F)C(F)(F)C(F)(F)C(F)(F)F. The first-order valence-electron chi connectivity index (χ1n) is 8.64. The Morgan fingerprint density at radius 3 is 1.81 bits per heavy atom. The quantitative estimate of drug-likeness (QED) is 0.434. The number of hydrogen-bond donors (Lipinski definition) is 1. The van der Waals surface area contributed by atoms with E-state index in [1.54, 1.807) is 0 Å². The van der Waals surface area contributed by atoms with Crippen LogP contribution in [0, 0.1) is 0 Å². The molecular formula is C18H18F9NO4. The second-order valence-corrected chi connectivity index (χ2v) is 7.44. The van der Waals surface area contributed by atoms with Crippen LogP contribution in [-0.2, 0) is 20.9 Å². The number of alkyl halides is 9. The molecule has 1 amide bonds. The van der Waals surface area contributed by atoms with Gasteiger partial charge in [-0.25, -0.2) is 9.59 Å². The number of hydrogen-bond acceptors (Lipinski definition) is 4.